The number of morpholine rings is 1. The van der Waals surface area contributed by atoms with Gasteiger partial charge in [0.2, 0.25) is 0 Å². The van der Waals surface area contributed by atoms with E-state index in [0.29, 0.717) is 46.9 Å². The van der Waals surface area contributed by atoms with Crippen molar-refractivity contribution in [3.05, 3.63) is 51.5 Å². The van der Waals surface area contributed by atoms with Crippen LogP contribution in [0.3, 0.4) is 0 Å². The quantitative estimate of drug-likeness (QED) is 0.278. The molecule has 2 saturated heterocycles. The van der Waals surface area contributed by atoms with Gasteiger partial charge in [0, 0.05) is 31.7 Å². The van der Waals surface area contributed by atoms with Gasteiger partial charge in [0.15, 0.2) is 23.0 Å². The van der Waals surface area contributed by atoms with E-state index < -0.39 is 17.7 Å². The number of halogens is 1. The highest BCUT2D eigenvalue weighted by atomic mass is 79.9. The molecule has 1 atom stereocenters. The number of carbonyl (C=O) groups excluding carboxylic acids is 2. The zero-order chi connectivity index (χ0) is 26.7. The van der Waals surface area contributed by atoms with Crippen LogP contribution in [0.25, 0.3) is 5.76 Å². The number of aliphatic hydroxyl groups excluding tert-OH is 1. The van der Waals surface area contributed by atoms with Gasteiger partial charge in [0.05, 0.1) is 50.6 Å². The molecule has 11 heteroatoms. The van der Waals surface area contributed by atoms with Gasteiger partial charge in [-0.25, -0.2) is 0 Å². The molecule has 1 amide bonds. The van der Waals surface area contributed by atoms with Crippen LogP contribution in [0.15, 0.2) is 40.4 Å². The molecule has 0 aliphatic carbocycles. The van der Waals surface area contributed by atoms with E-state index in [-0.39, 0.29) is 29.4 Å². The van der Waals surface area contributed by atoms with E-state index in [0.717, 1.165) is 13.1 Å². The Balaban J connectivity index is 1.83. The third-order valence-electron chi connectivity index (χ3n) is 6.54. The molecule has 2 aliphatic heterocycles. The molecule has 2 fully saturated rings. The number of aliphatic hydroxyl groups is 1. The summed E-state index contributed by atoms with van der Waals surface area (Å²) in [5.41, 5.74) is 0.710. The number of hydrogen-bond acceptors (Lipinski definition) is 9. The zero-order valence-electron chi connectivity index (χ0n) is 20.8. The Hall–Kier alpha value is -3.28. The van der Waals surface area contributed by atoms with Crippen molar-refractivity contribution in [1.29, 1.82) is 0 Å². The predicted octanol–water partition coefficient (Wildman–Crippen LogP) is 2.93. The number of amides is 1. The first kappa shape index (κ1) is 26.8. The van der Waals surface area contributed by atoms with E-state index in [4.69, 9.17) is 18.9 Å². The highest BCUT2D eigenvalue weighted by molar-refractivity contribution is 9.10. The molecule has 2 aliphatic rings. The molecule has 198 valence electrons. The number of benzene rings is 2. The molecule has 1 unspecified atom stereocenters. The molecule has 2 N–H and O–H groups in total. The van der Waals surface area contributed by atoms with E-state index in [2.05, 4.69) is 20.8 Å². The van der Waals surface area contributed by atoms with Gasteiger partial charge in [-0.15, -0.1) is 0 Å². The van der Waals surface area contributed by atoms with Crippen LogP contribution in [-0.4, -0.2) is 92.4 Å². The lowest BCUT2D eigenvalue weighted by Crippen LogP contribution is -2.42. The van der Waals surface area contributed by atoms with E-state index in [9.17, 15) is 19.8 Å². The number of Topliss-reactive ketones (excluding diaryl/α,β-unsaturated/α-hetero) is 1. The maximum atomic E-state index is 13.4. The van der Waals surface area contributed by atoms with Crippen LogP contribution in [0.1, 0.15) is 17.2 Å². The Morgan fingerprint density at radius 3 is 2.32 bits per heavy atom. The van der Waals surface area contributed by atoms with Gasteiger partial charge >= 0.3 is 0 Å². The summed E-state index contributed by atoms with van der Waals surface area (Å²) >= 11 is 3.32. The van der Waals surface area contributed by atoms with Crippen LogP contribution in [0.2, 0.25) is 0 Å². The molecule has 0 aromatic heterocycles. The first-order chi connectivity index (χ1) is 17.8. The molecule has 0 spiro atoms. The van der Waals surface area contributed by atoms with Crippen LogP contribution in [0.4, 0.5) is 0 Å². The fourth-order valence-electron chi connectivity index (χ4n) is 4.58. The van der Waals surface area contributed by atoms with Crippen LogP contribution in [0.5, 0.6) is 23.0 Å². The summed E-state index contributed by atoms with van der Waals surface area (Å²) in [6.07, 6.45) is 0. The number of ether oxygens (including phenoxy) is 4. The van der Waals surface area contributed by atoms with Gasteiger partial charge < -0.3 is 34.1 Å². The third kappa shape index (κ3) is 5.25. The molecule has 2 aromatic carbocycles. The largest absolute Gasteiger partial charge is 0.507 e. The van der Waals surface area contributed by atoms with Crippen molar-refractivity contribution >= 4 is 33.4 Å². The second-order valence-corrected chi connectivity index (χ2v) is 9.42. The molecule has 2 heterocycles. The molecule has 0 bridgehead atoms. The zero-order valence-corrected chi connectivity index (χ0v) is 22.4. The van der Waals surface area contributed by atoms with Crippen molar-refractivity contribution in [2.45, 2.75) is 6.04 Å². The van der Waals surface area contributed by atoms with Gasteiger partial charge in [-0.05, 0) is 51.8 Å². The van der Waals surface area contributed by atoms with Crippen LogP contribution in [0, 0.1) is 0 Å². The van der Waals surface area contributed by atoms with Crippen molar-refractivity contribution in [2.75, 3.05) is 60.7 Å². The van der Waals surface area contributed by atoms with E-state index >= 15 is 0 Å². The topological polar surface area (TPSA) is 118 Å². The molecule has 10 nitrogen and oxygen atoms in total. The monoisotopic (exact) mass is 576 g/mol. The minimum absolute atomic E-state index is 0.0705. The number of nitrogens with zero attached hydrogens (tertiary/aromatic N) is 2. The highest BCUT2D eigenvalue weighted by Crippen LogP contribution is 2.44. The van der Waals surface area contributed by atoms with E-state index in [1.54, 1.807) is 30.3 Å². The molecule has 0 radical (unpaired) electrons. The summed E-state index contributed by atoms with van der Waals surface area (Å²) in [6.45, 7) is 3.42. The molecular formula is C26H29BrN2O8. The highest BCUT2D eigenvalue weighted by Gasteiger charge is 2.46. The van der Waals surface area contributed by atoms with Gasteiger partial charge in [0.1, 0.15) is 5.76 Å². The van der Waals surface area contributed by atoms with Crippen molar-refractivity contribution in [1.82, 2.24) is 9.80 Å². The molecular weight excluding hydrogens is 548 g/mol. The summed E-state index contributed by atoms with van der Waals surface area (Å²) in [5, 5.41) is 21.7. The Labute approximate surface area is 223 Å². The summed E-state index contributed by atoms with van der Waals surface area (Å²) in [5.74, 6) is -1.01. The Morgan fingerprint density at radius 2 is 1.68 bits per heavy atom. The summed E-state index contributed by atoms with van der Waals surface area (Å²) in [6, 6.07) is 6.98. The summed E-state index contributed by atoms with van der Waals surface area (Å²) in [4.78, 5) is 30.2. The smallest absolute Gasteiger partial charge is 0.295 e. The molecule has 4 rings (SSSR count). The second kappa shape index (κ2) is 11.4. The fraction of sp³-hybridized carbons (Fsp3) is 0.385. The standard InChI is InChI=1S/C26H29BrN2O8/c1-34-18-5-4-15(13-19(18)35-2)23(30)21-22(16-12-17(27)24(31)20(14-16)36-3)29(26(33)25(21)32)7-6-28-8-10-37-11-9-28/h4-5,12-14,22,30-31H,6-11H2,1-3H3. The lowest BCUT2D eigenvalue weighted by atomic mass is 9.94. The summed E-state index contributed by atoms with van der Waals surface area (Å²) in [7, 11) is 4.37. The lowest BCUT2D eigenvalue weighted by Gasteiger charge is -2.31. The van der Waals surface area contributed by atoms with Crippen LogP contribution in [-0.2, 0) is 14.3 Å². The maximum Gasteiger partial charge on any atom is 0.295 e. The van der Waals surface area contributed by atoms with Gasteiger partial charge in [-0.3, -0.25) is 14.5 Å². The minimum Gasteiger partial charge on any atom is -0.507 e. The van der Waals surface area contributed by atoms with Gasteiger partial charge in [-0.1, -0.05) is 0 Å². The number of ketones is 1. The van der Waals surface area contributed by atoms with E-state index in [1.807, 2.05) is 0 Å². The number of likely N-dealkylation sites (tertiary alicyclic amines) is 1. The average molecular weight is 577 g/mol. The van der Waals surface area contributed by atoms with Crippen molar-refractivity contribution in [3.8, 4) is 23.0 Å². The number of methoxy groups -OCH3 is 3. The SMILES string of the molecule is COc1ccc(C(O)=C2C(=O)C(=O)N(CCN3CCOCC3)C2c2cc(Br)c(O)c(OC)c2)cc1OC. The number of aromatic hydroxyl groups is 1. The second-order valence-electron chi connectivity index (χ2n) is 8.57. The Morgan fingerprint density at radius 1 is 1.00 bits per heavy atom. The first-order valence-corrected chi connectivity index (χ1v) is 12.5. The van der Waals surface area contributed by atoms with E-state index in [1.165, 1.54) is 26.2 Å². The fourth-order valence-corrected chi connectivity index (χ4v) is 5.04. The molecule has 2 aromatic rings. The van der Waals surface area contributed by atoms with Crippen molar-refractivity contribution < 1.29 is 38.7 Å². The predicted molar refractivity (Wildman–Crippen MR) is 138 cm³/mol. The number of phenols is 1. The Bertz CT molecular complexity index is 1230. The average Bonchev–Trinajstić information content (AvgIpc) is 3.17. The number of hydrogen-bond donors (Lipinski definition) is 2. The third-order valence-corrected chi connectivity index (χ3v) is 7.15. The minimum atomic E-state index is -0.917. The van der Waals surface area contributed by atoms with Crippen LogP contribution >= 0.6 is 15.9 Å². The summed E-state index contributed by atoms with van der Waals surface area (Å²) < 4.78 is 21.7. The Kier molecular flexibility index (Phi) is 8.25. The van der Waals surface area contributed by atoms with Crippen LogP contribution < -0.4 is 14.2 Å². The number of phenolic OH excluding ortho intramolecular Hbond substituents is 1. The maximum absolute atomic E-state index is 13.4. The van der Waals surface area contributed by atoms with Gasteiger partial charge in [0.25, 0.3) is 11.7 Å². The lowest BCUT2D eigenvalue weighted by molar-refractivity contribution is -0.140. The van der Waals surface area contributed by atoms with Crippen molar-refractivity contribution in [3.63, 3.8) is 0 Å². The van der Waals surface area contributed by atoms with Gasteiger partial charge in [-0.2, -0.15) is 0 Å². The first-order valence-electron chi connectivity index (χ1n) is 11.7. The molecule has 0 saturated carbocycles. The normalized spacial score (nSPS) is 19.8. The molecule has 37 heavy (non-hydrogen) atoms. The number of carbonyl (C=O) groups is 2. The number of rotatable bonds is 8. The van der Waals surface area contributed by atoms with Crippen molar-refractivity contribution in [2.24, 2.45) is 0 Å².